The Morgan fingerprint density at radius 1 is 1.42 bits per heavy atom. The number of H-pyrrole nitrogens is 1. The van der Waals surface area contributed by atoms with Gasteiger partial charge in [0.15, 0.2) is 17.2 Å². The molecule has 1 aliphatic heterocycles. The molecular formula is C17H17N5O4. The number of primary amides is 1. The zero-order valence-corrected chi connectivity index (χ0v) is 13.8. The molecule has 1 saturated heterocycles. The fourth-order valence-electron chi connectivity index (χ4n) is 3.14. The van der Waals surface area contributed by atoms with Gasteiger partial charge in [-0.3, -0.25) is 9.36 Å². The molecule has 4 N–H and O–H groups in total. The Bertz CT molecular complexity index is 1050. The van der Waals surface area contributed by atoms with Gasteiger partial charge >= 0.3 is 5.69 Å². The van der Waals surface area contributed by atoms with Crippen molar-refractivity contribution in [2.75, 3.05) is 6.61 Å². The van der Waals surface area contributed by atoms with Gasteiger partial charge in [-0.05, 0) is 25.0 Å². The second kappa shape index (κ2) is 6.26. The third kappa shape index (κ3) is 2.82. The number of aromatic nitrogens is 4. The van der Waals surface area contributed by atoms with Crippen LogP contribution < -0.4 is 11.4 Å². The van der Waals surface area contributed by atoms with E-state index < -0.39 is 11.6 Å². The van der Waals surface area contributed by atoms with Gasteiger partial charge in [-0.25, -0.2) is 14.8 Å². The molecule has 0 radical (unpaired) electrons. The van der Waals surface area contributed by atoms with Crippen LogP contribution in [0.15, 0.2) is 29.1 Å². The normalized spacial score (nSPS) is 17.0. The fourth-order valence-corrected chi connectivity index (χ4v) is 3.14. The SMILES string of the molecule is NC(=O)c1nc(-c2cccc(O)c2)nc2c1[nH]c(=O)n2CC1CCCO1. The highest BCUT2D eigenvalue weighted by atomic mass is 16.5. The summed E-state index contributed by atoms with van der Waals surface area (Å²) in [4.78, 5) is 35.5. The molecule has 3 aromatic rings. The minimum absolute atomic E-state index is 0.0395. The summed E-state index contributed by atoms with van der Waals surface area (Å²) >= 11 is 0. The summed E-state index contributed by atoms with van der Waals surface area (Å²) in [6, 6.07) is 6.32. The predicted molar refractivity (Wildman–Crippen MR) is 92.7 cm³/mol. The van der Waals surface area contributed by atoms with E-state index in [0.717, 1.165) is 12.8 Å². The van der Waals surface area contributed by atoms with E-state index >= 15 is 0 Å². The highest BCUT2D eigenvalue weighted by Crippen LogP contribution is 2.23. The second-order valence-electron chi connectivity index (χ2n) is 6.18. The number of phenols is 1. The van der Waals surface area contributed by atoms with Crippen LogP contribution >= 0.6 is 0 Å². The highest BCUT2D eigenvalue weighted by Gasteiger charge is 2.23. The Labute approximate surface area is 147 Å². The van der Waals surface area contributed by atoms with Gasteiger partial charge < -0.3 is 20.6 Å². The number of rotatable bonds is 4. The molecule has 2 aromatic heterocycles. The Morgan fingerprint density at radius 2 is 2.27 bits per heavy atom. The third-order valence-corrected chi connectivity index (χ3v) is 4.37. The van der Waals surface area contributed by atoms with Crippen molar-refractivity contribution in [3.05, 3.63) is 40.4 Å². The largest absolute Gasteiger partial charge is 0.508 e. The molecule has 0 spiro atoms. The molecule has 1 fully saturated rings. The predicted octanol–water partition coefficient (Wildman–Crippen LogP) is 0.770. The van der Waals surface area contributed by atoms with E-state index in [-0.39, 0.29) is 34.5 Å². The summed E-state index contributed by atoms with van der Waals surface area (Å²) in [5.74, 6) is -0.538. The summed E-state index contributed by atoms with van der Waals surface area (Å²) in [6.07, 6.45) is 1.72. The van der Waals surface area contributed by atoms with Crippen molar-refractivity contribution in [1.29, 1.82) is 0 Å². The lowest BCUT2D eigenvalue weighted by Gasteiger charge is -2.10. The number of aromatic hydroxyl groups is 1. The van der Waals surface area contributed by atoms with Gasteiger partial charge in [-0.1, -0.05) is 12.1 Å². The summed E-state index contributed by atoms with van der Waals surface area (Å²) in [6.45, 7) is 0.991. The Morgan fingerprint density at radius 3 is 2.96 bits per heavy atom. The van der Waals surface area contributed by atoms with Gasteiger partial charge in [-0.15, -0.1) is 0 Å². The van der Waals surface area contributed by atoms with Crippen LogP contribution in [0.25, 0.3) is 22.6 Å². The number of phenolic OH excluding ortho intramolecular Hbond substituents is 1. The molecule has 4 rings (SSSR count). The van der Waals surface area contributed by atoms with Crippen molar-refractivity contribution in [2.45, 2.75) is 25.5 Å². The van der Waals surface area contributed by atoms with E-state index in [1.54, 1.807) is 12.1 Å². The van der Waals surface area contributed by atoms with Crippen molar-refractivity contribution in [3.63, 3.8) is 0 Å². The van der Waals surface area contributed by atoms with Gasteiger partial charge in [0.05, 0.1) is 12.6 Å². The van der Waals surface area contributed by atoms with Gasteiger partial charge in [0.1, 0.15) is 11.3 Å². The second-order valence-corrected chi connectivity index (χ2v) is 6.18. The molecule has 1 atom stereocenters. The molecular weight excluding hydrogens is 338 g/mol. The van der Waals surface area contributed by atoms with E-state index in [4.69, 9.17) is 10.5 Å². The molecule has 1 aromatic carbocycles. The van der Waals surface area contributed by atoms with Gasteiger partial charge in [0, 0.05) is 12.2 Å². The van der Waals surface area contributed by atoms with Crippen LogP contribution in [-0.4, -0.2) is 43.2 Å². The highest BCUT2D eigenvalue weighted by molar-refractivity contribution is 6.01. The maximum absolute atomic E-state index is 12.4. The molecule has 1 unspecified atom stereocenters. The Hall–Kier alpha value is -3.20. The van der Waals surface area contributed by atoms with E-state index in [9.17, 15) is 14.7 Å². The monoisotopic (exact) mass is 355 g/mol. The first-order valence-corrected chi connectivity index (χ1v) is 8.24. The number of nitrogens with zero attached hydrogens (tertiary/aromatic N) is 3. The first-order chi connectivity index (χ1) is 12.5. The number of nitrogens with one attached hydrogen (secondary N) is 1. The molecule has 0 aliphatic carbocycles. The standard InChI is InChI=1S/C17H17N5O4/c18-14(24)12-13-16(21-15(19-12)9-3-1-4-10(23)7-9)22(17(25)20-13)8-11-5-2-6-26-11/h1,3-4,7,11,23H,2,5-6,8H2,(H2,18,24)(H,20,25). The first-order valence-electron chi connectivity index (χ1n) is 8.24. The van der Waals surface area contributed by atoms with E-state index in [0.29, 0.717) is 18.7 Å². The molecule has 1 aliphatic rings. The number of nitrogens with two attached hydrogens (primary N) is 1. The van der Waals surface area contributed by atoms with Crippen molar-refractivity contribution >= 4 is 17.1 Å². The average molecular weight is 355 g/mol. The Kier molecular flexibility index (Phi) is 3.92. The molecule has 9 nitrogen and oxygen atoms in total. The number of aromatic amines is 1. The van der Waals surface area contributed by atoms with Gasteiger partial charge in [0.25, 0.3) is 5.91 Å². The maximum Gasteiger partial charge on any atom is 0.327 e. The first kappa shape index (κ1) is 16.3. The van der Waals surface area contributed by atoms with Gasteiger partial charge in [-0.2, -0.15) is 0 Å². The van der Waals surface area contributed by atoms with E-state index in [2.05, 4.69) is 15.0 Å². The number of ether oxygens (including phenoxy) is 1. The van der Waals surface area contributed by atoms with Crippen molar-refractivity contribution in [2.24, 2.45) is 5.73 Å². The summed E-state index contributed by atoms with van der Waals surface area (Å²) in [5, 5.41) is 9.69. The quantitative estimate of drug-likeness (QED) is 0.632. The number of amides is 1. The van der Waals surface area contributed by atoms with Crippen molar-refractivity contribution < 1.29 is 14.6 Å². The number of carbonyl (C=O) groups excluding carboxylic acids is 1. The van der Waals surface area contributed by atoms with Crippen LogP contribution in [0.2, 0.25) is 0 Å². The molecule has 26 heavy (non-hydrogen) atoms. The van der Waals surface area contributed by atoms with Crippen molar-refractivity contribution in [1.82, 2.24) is 19.5 Å². The molecule has 134 valence electrons. The van der Waals surface area contributed by atoms with Crippen LogP contribution in [0.4, 0.5) is 0 Å². The van der Waals surface area contributed by atoms with Crippen LogP contribution in [0.5, 0.6) is 5.75 Å². The number of hydrogen-bond acceptors (Lipinski definition) is 6. The van der Waals surface area contributed by atoms with Crippen LogP contribution in [0, 0.1) is 0 Å². The summed E-state index contributed by atoms with van der Waals surface area (Å²) < 4.78 is 7.03. The number of benzene rings is 1. The minimum Gasteiger partial charge on any atom is -0.508 e. The molecule has 1 amide bonds. The summed E-state index contributed by atoms with van der Waals surface area (Å²) in [7, 11) is 0. The van der Waals surface area contributed by atoms with Crippen molar-refractivity contribution in [3.8, 4) is 17.1 Å². The van der Waals surface area contributed by atoms with Crippen LogP contribution in [0.3, 0.4) is 0 Å². The molecule has 0 bridgehead atoms. The summed E-state index contributed by atoms with van der Waals surface area (Å²) in [5.41, 5.74) is 5.96. The van der Waals surface area contributed by atoms with E-state index in [1.165, 1.54) is 16.7 Å². The Balaban J connectivity index is 1.91. The van der Waals surface area contributed by atoms with Gasteiger partial charge in [0.2, 0.25) is 0 Å². The lowest BCUT2D eigenvalue weighted by atomic mass is 10.2. The lowest BCUT2D eigenvalue weighted by Crippen LogP contribution is -2.24. The molecule has 0 saturated carbocycles. The zero-order chi connectivity index (χ0) is 18.3. The number of fused-ring (bicyclic) bond motifs is 1. The fraction of sp³-hybridized carbons (Fsp3) is 0.294. The molecule has 9 heteroatoms. The zero-order valence-electron chi connectivity index (χ0n) is 13.8. The number of carbonyl (C=O) groups is 1. The number of imidazole rings is 1. The van der Waals surface area contributed by atoms with Crippen LogP contribution in [0.1, 0.15) is 23.3 Å². The van der Waals surface area contributed by atoms with E-state index in [1.807, 2.05) is 0 Å². The smallest absolute Gasteiger partial charge is 0.327 e. The lowest BCUT2D eigenvalue weighted by molar-refractivity contribution is 0.0970. The maximum atomic E-state index is 12.4. The van der Waals surface area contributed by atoms with Crippen LogP contribution in [-0.2, 0) is 11.3 Å². The third-order valence-electron chi connectivity index (χ3n) is 4.37. The topological polar surface area (TPSA) is 136 Å². The number of hydrogen-bond donors (Lipinski definition) is 3. The average Bonchev–Trinajstić information content (AvgIpc) is 3.23. The minimum atomic E-state index is -0.774. The molecule has 3 heterocycles.